The number of likely N-dealkylation sites (N-methyl/N-ethyl adjacent to an activating group) is 1. The van der Waals surface area contributed by atoms with Crippen LogP contribution in [0.25, 0.3) is 11.3 Å². The molecule has 0 bridgehead atoms. The lowest BCUT2D eigenvalue weighted by atomic mass is 9.98. The van der Waals surface area contributed by atoms with Gasteiger partial charge in [-0.2, -0.15) is 0 Å². The van der Waals surface area contributed by atoms with Gasteiger partial charge in [0.2, 0.25) is 10.0 Å². The number of rotatable bonds is 10. The highest BCUT2D eigenvalue weighted by Gasteiger charge is 2.29. The zero-order valence-corrected chi connectivity index (χ0v) is 22.5. The number of nitrogens with zero attached hydrogens (tertiary/aromatic N) is 2. The molecule has 0 radical (unpaired) electrons. The van der Waals surface area contributed by atoms with Crippen LogP contribution in [0.5, 0.6) is 0 Å². The lowest BCUT2D eigenvalue weighted by Gasteiger charge is -2.24. The van der Waals surface area contributed by atoms with Gasteiger partial charge in [0.1, 0.15) is 5.82 Å². The first kappa shape index (κ1) is 27.8. The summed E-state index contributed by atoms with van der Waals surface area (Å²) in [7, 11) is 0.216. The van der Waals surface area contributed by atoms with Crippen molar-refractivity contribution in [2.45, 2.75) is 6.42 Å². The molecule has 1 amide bonds. The monoisotopic (exact) mass is 552 g/mol. The number of carbonyl (C=O) groups excluding carboxylic acids is 1. The zero-order chi connectivity index (χ0) is 28.3. The molecule has 1 aliphatic heterocycles. The molecule has 0 saturated carbocycles. The second-order valence-electron chi connectivity index (χ2n) is 9.47. The van der Waals surface area contributed by atoms with Crippen molar-refractivity contribution in [1.29, 1.82) is 0 Å². The molecule has 0 atom stereocenters. The predicted octanol–water partition coefficient (Wildman–Crippen LogP) is 3.71. The van der Waals surface area contributed by atoms with Crippen LogP contribution in [0.15, 0.2) is 66.7 Å². The van der Waals surface area contributed by atoms with Crippen molar-refractivity contribution in [3.05, 3.63) is 89.2 Å². The first-order chi connectivity index (χ1) is 18.4. The predicted molar refractivity (Wildman–Crippen MR) is 150 cm³/mol. The second kappa shape index (κ2) is 11.3. The topological polar surface area (TPSA) is 119 Å². The fourth-order valence-corrected chi connectivity index (χ4v) is 5.19. The van der Waals surface area contributed by atoms with E-state index in [1.54, 1.807) is 48.5 Å². The van der Waals surface area contributed by atoms with Gasteiger partial charge in [0.15, 0.2) is 0 Å². The minimum Gasteiger partial charge on any atom is -0.481 e. The molecule has 3 N–H and O–H groups in total. The number of fused-ring (bicyclic) bond motifs is 1. The smallest absolute Gasteiger partial charge is 0.307 e. The fourth-order valence-electron chi connectivity index (χ4n) is 4.27. The number of carboxylic acids is 1. The molecule has 0 unspecified atom stereocenters. The van der Waals surface area contributed by atoms with Gasteiger partial charge in [0.25, 0.3) is 5.91 Å². The summed E-state index contributed by atoms with van der Waals surface area (Å²) in [6.07, 6.45) is 1.01. The highest BCUT2D eigenvalue weighted by Crippen LogP contribution is 2.38. The van der Waals surface area contributed by atoms with Gasteiger partial charge in [-0.1, -0.05) is 24.3 Å². The molecule has 11 heteroatoms. The van der Waals surface area contributed by atoms with Gasteiger partial charge in [0, 0.05) is 24.3 Å². The number of sulfonamides is 1. The van der Waals surface area contributed by atoms with Crippen LogP contribution in [0.4, 0.5) is 21.5 Å². The lowest BCUT2D eigenvalue weighted by molar-refractivity contribution is -0.136. The maximum absolute atomic E-state index is 13.8. The van der Waals surface area contributed by atoms with Crippen LogP contribution in [-0.2, 0) is 26.0 Å². The fraction of sp³-hybridized carbons (Fsp3) is 0.214. The average molecular weight is 553 g/mol. The Morgan fingerprint density at radius 1 is 1.00 bits per heavy atom. The van der Waals surface area contributed by atoms with Crippen molar-refractivity contribution in [1.82, 2.24) is 4.90 Å². The summed E-state index contributed by atoms with van der Waals surface area (Å²) in [5, 5.41) is 15.1. The number of benzene rings is 3. The van der Waals surface area contributed by atoms with Gasteiger partial charge in [-0.15, -0.1) is 0 Å². The third-order valence-corrected chi connectivity index (χ3v) is 7.34. The van der Waals surface area contributed by atoms with Crippen LogP contribution in [0.2, 0.25) is 0 Å². The highest BCUT2D eigenvalue weighted by atomic mass is 32.2. The van der Waals surface area contributed by atoms with Gasteiger partial charge in [-0.25, -0.2) is 12.8 Å². The van der Waals surface area contributed by atoms with E-state index in [0.717, 1.165) is 6.26 Å². The van der Waals surface area contributed by atoms with Crippen LogP contribution in [0.1, 0.15) is 16.7 Å². The SMILES string of the molecule is CN(C)CCN(c1ccc(NC(=C2C(=O)Nc3cc(F)ccc32)c2ccc(CC(=O)O)cc2)cc1)S(C)(=O)=O. The van der Waals surface area contributed by atoms with Gasteiger partial charge in [-0.05, 0) is 67.7 Å². The van der Waals surface area contributed by atoms with Gasteiger partial charge < -0.3 is 20.6 Å². The van der Waals surface area contributed by atoms with Crippen LogP contribution < -0.4 is 14.9 Å². The van der Waals surface area contributed by atoms with E-state index in [4.69, 9.17) is 5.11 Å². The lowest BCUT2D eigenvalue weighted by Crippen LogP contribution is -2.35. The van der Waals surface area contributed by atoms with Crippen molar-refractivity contribution in [2.75, 3.05) is 48.4 Å². The number of halogens is 1. The summed E-state index contributed by atoms with van der Waals surface area (Å²) in [4.78, 5) is 26.1. The Morgan fingerprint density at radius 3 is 2.26 bits per heavy atom. The number of amides is 1. The number of hydrogen-bond donors (Lipinski definition) is 3. The van der Waals surface area contributed by atoms with E-state index in [-0.39, 0.29) is 13.0 Å². The van der Waals surface area contributed by atoms with Crippen LogP contribution in [0, 0.1) is 5.82 Å². The second-order valence-corrected chi connectivity index (χ2v) is 11.4. The third-order valence-electron chi connectivity index (χ3n) is 6.15. The largest absolute Gasteiger partial charge is 0.481 e. The molecule has 204 valence electrons. The van der Waals surface area contributed by atoms with E-state index in [2.05, 4.69) is 10.6 Å². The zero-order valence-electron chi connectivity index (χ0n) is 21.7. The Balaban J connectivity index is 1.74. The molecule has 0 fully saturated rings. The molecule has 0 saturated heterocycles. The van der Waals surface area contributed by atoms with E-state index in [9.17, 15) is 22.4 Å². The molecule has 1 aliphatic rings. The molecule has 3 aromatic carbocycles. The van der Waals surface area contributed by atoms with E-state index in [1.165, 1.54) is 22.5 Å². The summed E-state index contributed by atoms with van der Waals surface area (Å²) in [5.74, 6) is -1.86. The van der Waals surface area contributed by atoms with Crippen LogP contribution in [-0.4, -0.2) is 63.7 Å². The quantitative estimate of drug-likeness (QED) is 0.328. The Hall–Kier alpha value is -4.22. The summed E-state index contributed by atoms with van der Waals surface area (Å²) in [6, 6.07) is 17.6. The van der Waals surface area contributed by atoms with Gasteiger partial charge in [0.05, 0.1) is 35.3 Å². The Labute approximate surface area is 226 Å². The number of hydrogen-bond acceptors (Lipinski definition) is 6. The maximum atomic E-state index is 13.8. The van der Waals surface area contributed by atoms with E-state index >= 15 is 0 Å². The Morgan fingerprint density at radius 2 is 1.67 bits per heavy atom. The first-order valence-corrected chi connectivity index (χ1v) is 13.9. The molecule has 0 spiro atoms. The van der Waals surface area contributed by atoms with E-state index in [1.807, 2.05) is 19.0 Å². The van der Waals surface area contributed by atoms with Gasteiger partial charge in [-0.3, -0.25) is 13.9 Å². The van der Waals surface area contributed by atoms with E-state index in [0.29, 0.717) is 51.6 Å². The number of nitrogens with one attached hydrogen (secondary N) is 2. The molecule has 39 heavy (non-hydrogen) atoms. The minimum absolute atomic E-state index is 0.145. The molecular formula is C28H29FN4O5S. The minimum atomic E-state index is -3.51. The van der Waals surface area contributed by atoms with Crippen LogP contribution in [0.3, 0.4) is 0 Å². The third kappa shape index (κ3) is 6.62. The summed E-state index contributed by atoms with van der Waals surface area (Å²) in [6.45, 7) is 0.820. The Bertz CT molecular complexity index is 1540. The van der Waals surface area contributed by atoms with Crippen LogP contribution >= 0.6 is 0 Å². The maximum Gasteiger partial charge on any atom is 0.307 e. The number of anilines is 3. The highest BCUT2D eigenvalue weighted by molar-refractivity contribution is 7.92. The summed E-state index contributed by atoms with van der Waals surface area (Å²) < 4.78 is 40.0. The van der Waals surface area contributed by atoms with Crippen molar-refractivity contribution >= 4 is 50.2 Å². The molecular weight excluding hydrogens is 523 g/mol. The summed E-state index contributed by atoms with van der Waals surface area (Å²) in [5.41, 5.74) is 3.87. The average Bonchev–Trinajstić information content (AvgIpc) is 3.17. The summed E-state index contributed by atoms with van der Waals surface area (Å²) >= 11 is 0. The normalized spacial score (nSPS) is 14.1. The van der Waals surface area contributed by atoms with Crippen molar-refractivity contribution < 1.29 is 27.5 Å². The van der Waals surface area contributed by atoms with Gasteiger partial charge >= 0.3 is 5.97 Å². The van der Waals surface area contributed by atoms with Crippen molar-refractivity contribution in [3.8, 4) is 0 Å². The Kier molecular flexibility index (Phi) is 8.03. The molecule has 0 aliphatic carbocycles. The molecule has 1 heterocycles. The number of aliphatic carboxylic acids is 1. The molecule has 9 nitrogen and oxygen atoms in total. The molecule has 3 aromatic rings. The number of carbonyl (C=O) groups is 2. The first-order valence-electron chi connectivity index (χ1n) is 12.1. The number of carboxylic acid groups (broad SMARTS) is 1. The van der Waals surface area contributed by atoms with Crippen molar-refractivity contribution in [2.24, 2.45) is 0 Å². The molecule has 0 aromatic heterocycles. The van der Waals surface area contributed by atoms with Crippen molar-refractivity contribution in [3.63, 3.8) is 0 Å². The molecule has 4 rings (SSSR count). The van der Waals surface area contributed by atoms with E-state index < -0.39 is 27.7 Å². The standard InChI is InChI=1S/C28H29FN4O5S/c1-32(2)14-15-33(39(3,37)38)22-11-9-21(10-12-22)30-27(19-6-4-18(5-7-19)16-25(34)35)26-23-13-8-20(29)17-24(23)31-28(26)36/h4-13,17,30H,14-16H2,1-3H3,(H,31,36)(H,34,35).